The lowest BCUT2D eigenvalue weighted by Gasteiger charge is -2.34. The number of aliphatic hydroxyl groups excluding tert-OH is 1. The van der Waals surface area contributed by atoms with Gasteiger partial charge in [-0.05, 0) is 79.8 Å². The van der Waals surface area contributed by atoms with Crippen LogP contribution in [0.3, 0.4) is 0 Å². The maximum absolute atomic E-state index is 12.7. The monoisotopic (exact) mass is 486 g/mol. The number of hydrogen-bond acceptors (Lipinski definition) is 6. The Morgan fingerprint density at radius 1 is 1.09 bits per heavy atom. The number of rotatable bonds is 13. The minimum atomic E-state index is -0.545. The van der Waals surface area contributed by atoms with Crippen LogP contribution in [0, 0.1) is 13.8 Å². The molecule has 0 unspecified atom stereocenters. The SMILES string of the molecule is CNc1cc(C)c(/C=C/SN2CCC3(CC2)N=C(CCCCCCCCCO)NC3=O)c(C)c1. The zero-order chi connectivity index (χ0) is 24.4. The Balaban J connectivity index is 1.41. The Hall–Kier alpha value is -1.83. The molecule has 2 aliphatic rings. The van der Waals surface area contributed by atoms with Crippen molar-refractivity contribution in [2.75, 3.05) is 32.1 Å². The van der Waals surface area contributed by atoms with Crippen LogP contribution in [-0.2, 0) is 4.79 Å². The Kier molecular flexibility index (Phi) is 10.5. The number of nitrogens with one attached hydrogen (secondary N) is 2. The third-order valence-corrected chi connectivity index (χ3v) is 7.90. The van der Waals surface area contributed by atoms with Crippen molar-refractivity contribution in [3.05, 3.63) is 34.2 Å². The average molecular weight is 487 g/mol. The summed E-state index contributed by atoms with van der Waals surface area (Å²) in [5.74, 6) is 0.991. The number of piperidine rings is 1. The number of anilines is 1. The zero-order valence-corrected chi connectivity index (χ0v) is 22.0. The van der Waals surface area contributed by atoms with Crippen molar-refractivity contribution in [3.63, 3.8) is 0 Å². The van der Waals surface area contributed by atoms with Gasteiger partial charge < -0.3 is 15.7 Å². The molecule has 0 atom stereocenters. The van der Waals surface area contributed by atoms with Crippen LogP contribution in [0.4, 0.5) is 5.69 Å². The van der Waals surface area contributed by atoms with Gasteiger partial charge in [0.15, 0.2) is 0 Å². The third kappa shape index (κ3) is 7.33. The lowest BCUT2D eigenvalue weighted by molar-refractivity contribution is -0.124. The molecule has 2 aliphatic heterocycles. The standard InChI is InChI=1S/C27H42N4O2S/c1-21-19-23(28-3)20-22(2)24(21)12-18-34-31-15-13-27(14-16-31)26(33)29-25(30-27)11-9-7-5-4-6-8-10-17-32/h12,18-20,28,32H,4-11,13-17H2,1-3H3,(H,29,30,33)/b18-12+. The molecule has 1 aromatic rings. The van der Waals surface area contributed by atoms with E-state index in [0.29, 0.717) is 6.61 Å². The molecule has 34 heavy (non-hydrogen) atoms. The first-order valence-electron chi connectivity index (χ1n) is 12.9. The quantitative estimate of drug-likeness (QED) is 0.256. The number of amides is 1. The number of aryl methyl sites for hydroxylation is 2. The maximum atomic E-state index is 12.7. The summed E-state index contributed by atoms with van der Waals surface area (Å²) in [6, 6.07) is 4.35. The number of nitrogens with zero attached hydrogens (tertiary/aromatic N) is 2. The second-order valence-electron chi connectivity index (χ2n) is 9.60. The second kappa shape index (κ2) is 13.3. The molecule has 6 nitrogen and oxygen atoms in total. The zero-order valence-electron chi connectivity index (χ0n) is 21.2. The van der Waals surface area contributed by atoms with Crippen molar-refractivity contribution >= 4 is 35.5 Å². The number of aliphatic hydroxyl groups is 1. The highest BCUT2D eigenvalue weighted by Crippen LogP contribution is 2.33. The fraction of sp³-hybridized carbons (Fsp3) is 0.630. The van der Waals surface area contributed by atoms with Crippen molar-refractivity contribution < 1.29 is 9.90 Å². The molecule has 3 rings (SSSR count). The minimum Gasteiger partial charge on any atom is -0.396 e. The van der Waals surface area contributed by atoms with E-state index in [2.05, 4.69) is 52.4 Å². The smallest absolute Gasteiger partial charge is 0.253 e. The molecule has 1 spiro atoms. The van der Waals surface area contributed by atoms with Crippen LogP contribution in [0.5, 0.6) is 0 Å². The molecule has 0 aromatic heterocycles. The maximum Gasteiger partial charge on any atom is 0.253 e. The van der Waals surface area contributed by atoms with Gasteiger partial charge in [-0.2, -0.15) is 0 Å². The highest BCUT2D eigenvalue weighted by Gasteiger charge is 2.45. The molecule has 1 amide bonds. The van der Waals surface area contributed by atoms with Gasteiger partial charge in [-0.25, -0.2) is 4.31 Å². The van der Waals surface area contributed by atoms with Gasteiger partial charge in [0.1, 0.15) is 11.4 Å². The third-order valence-electron chi connectivity index (χ3n) is 6.98. The van der Waals surface area contributed by atoms with E-state index in [1.54, 1.807) is 11.9 Å². The summed E-state index contributed by atoms with van der Waals surface area (Å²) in [4.78, 5) is 17.6. The van der Waals surface area contributed by atoms with E-state index >= 15 is 0 Å². The van der Waals surface area contributed by atoms with Crippen LogP contribution in [0.2, 0.25) is 0 Å². The van der Waals surface area contributed by atoms with Gasteiger partial charge in [-0.15, -0.1) is 0 Å². The Bertz CT molecular complexity index is 852. The molecule has 2 heterocycles. The van der Waals surface area contributed by atoms with Crippen molar-refractivity contribution in [2.24, 2.45) is 4.99 Å². The first kappa shape index (κ1) is 26.8. The summed E-state index contributed by atoms with van der Waals surface area (Å²) in [5, 5.41) is 17.3. The van der Waals surface area contributed by atoms with E-state index in [1.165, 1.54) is 42.4 Å². The molecular weight excluding hydrogens is 444 g/mol. The van der Waals surface area contributed by atoms with Gasteiger partial charge in [0.05, 0.1) is 0 Å². The Labute approximate surface area is 209 Å². The van der Waals surface area contributed by atoms with E-state index in [0.717, 1.165) is 63.1 Å². The van der Waals surface area contributed by atoms with E-state index in [1.807, 2.05) is 7.05 Å². The molecular formula is C27H42N4O2S. The number of aliphatic imine (C=N–C) groups is 1. The van der Waals surface area contributed by atoms with Crippen molar-refractivity contribution in [1.29, 1.82) is 0 Å². The number of carbonyl (C=O) groups excluding carboxylic acids is 1. The number of amidine groups is 1. The summed E-state index contributed by atoms with van der Waals surface area (Å²) >= 11 is 1.73. The molecule has 1 aromatic carbocycles. The molecule has 3 N–H and O–H groups in total. The van der Waals surface area contributed by atoms with Crippen molar-refractivity contribution in [1.82, 2.24) is 9.62 Å². The van der Waals surface area contributed by atoms with E-state index in [9.17, 15) is 4.79 Å². The molecule has 0 bridgehead atoms. The van der Waals surface area contributed by atoms with Crippen LogP contribution < -0.4 is 10.6 Å². The predicted octanol–water partition coefficient (Wildman–Crippen LogP) is 5.44. The number of benzene rings is 1. The fourth-order valence-corrected chi connectivity index (χ4v) is 5.62. The summed E-state index contributed by atoms with van der Waals surface area (Å²) < 4.78 is 2.34. The minimum absolute atomic E-state index is 0.0996. The summed E-state index contributed by atoms with van der Waals surface area (Å²) in [6.07, 6.45) is 12.6. The van der Waals surface area contributed by atoms with Crippen LogP contribution in [-0.4, -0.2) is 53.4 Å². The molecule has 7 heteroatoms. The molecule has 0 saturated carbocycles. The Morgan fingerprint density at radius 2 is 1.71 bits per heavy atom. The molecule has 1 saturated heterocycles. The average Bonchev–Trinajstić information content (AvgIpc) is 3.13. The van der Waals surface area contributed by atoms with E-state index in [4.69, 9.17) is 10.1 Å². The van der Waals surface area contributed by atoms with Gasteiger partial charge in [0, 0.05) is 38.9 Å². The normalized spacial score (nSPS) is 18.0. The summed E-state index contributed by atoms with van der Waals surface area (Å²) in [7, 11) is 1.95. The number of hydrogen-bond donors (Lipinski definition) is 3. The lowest BCUT2D eigenvalue weighted by Crippen LogP contribution is -2.47. The van der Waals surface area contributed by atoms with E-state index < -0.39 is 5.54 Å². The van der Waals surface area contributed by atoms with Gasteiger partial charge in [0.25, 0.3) is 5.91 Å². The molecule has 0 radical (unpaired) electrons. The summed E-state index contributed by atoms with van der Waals surface area (Å²) in [5.41, 5.74) is 4.41. The van der Waals surface area contributed by atoms with Crippen molar-refractivity contribution in [2.45, 2.75) is 83.6 Å². The molecule has 0 aliphatic carbocycles. The first-order valence-corrected chi connectivity index (χ1v) is 13.7. The van der Waals surface area contributed by atoms with Crippen molar-refractivity contribution in [3.8, 4) is 0 Å². The number of unbranched alkanes of at least 4 members (excludes halogenated alkanes) is 6. The van der Waals surface area contributed by atoms with Gasteiger partial charge >= 0.3 is 0 Å². The highest BCUT2D eigenvalue weighted by atomic mass is 32.2. The lowest BCUT2D eigenvalue weighted by atomic mass is 9.89. The fourth-order valence-electron chi connectivity index (χ4n) is 4.86. The van der Waals surface area contributed by atoms with Crippen LogP contribution in [0.1, 0.15) is 80.9 Å². The first-order chi connectivity index (χ1) is 16.5. The van der Waals surface area contributed by atoms with Gasteiger partial charge in [0.2, 0.25) is 0 Å². The molecule has 1 fully saturated rings. The predicted molar refractivity (Wildman–Crippen MR) is 145 cm³/mol. The topological polar surface area (TPSA) is 77.0 Å². The van der Waals surface area contributed by atoms with Gasteiger partial charge in [-0.3, -0.25) is 9.79 Å². The highest BCUT2D eigenvalue weighted by molar-refractivity contribution is 8.00. The summed E-state index contributed by atoms with van der Waals surface area (Å²) in [6.45, 7) is 6.33. The Morgan fingerprint density at radius 3 is 2.32 bits per heavy atom. The van der Waals surface area contributed by atoms with Crippen LogP contribution in [0.25, 0.3) is 6.08 Å². The van der Waals surface area contributed by atoms with Crippen LogP contribution in [0.15, 0.2) is 22.5 Å². The molecule has 188 valence electrons. The second-order valence-corrected chi connectivity index (χ2v) is 10.6. The number of carbonyl (C=O) groups is 1. The van der Waals surface area contributed by atoms with Gasteiger partial charge in [-0.1, -0.05) is 44.1 Å². The van der Waals surface area contributed by atoms with Crippen LogP contribution >= 0.6 is 11.9 Å². The van der Waals surface area contributed by atoms with E-state index in [-0.39, 0.29) is 5.91 Å². The largest absolute Gasteiger partial charge is 0.396 e.